The van der Waals surface area contributed by atoms with Gasteiger partial charge in [0.1, 0.15) is 15.6 Å². The predicted octanol–water partition coefficient (Wildman–Crippen LogP) is 4.11. The Morgan fingerprint density at radius 1 is 1.32 bits per heavy atom. The minimum absolute atomic E-state index is 0.245. The summed E-state index contributed by atoms with van der Waals surface area (Å²) in [6, 6.07) is 7.06. The van der Waals surface area contributed by atoms with Crippen molar-refractivity contribution in [1.82, 2.24) is 9.69 Å². The van der Waals surface area contributed by atoms with Crippen LogP contribution in [0.1, 0.15) is 35.7 Å². The zero-order valence-corrected chi connectivity index (χ0v) is 16.1. The van der Waals surface area contributed by atoms with Crippen LogP contribution in [0, 0.1) is 0 Å². The van der Waals surface area contributed by atoms with Gasteiger partial charge in [0, 0.05) is 17.3 Å². The zero-order chi connectivity index (χ0) is 18.2. The van der Waals surface area contributed by atoms with Crippen LogP contribution in [0.5, 0.6) is 0 Å². The third kappa shape index (κ3) is 5.91. The summed E-state index contributed by atoms with van der Waals surface area (Å²) >= 11 is 8.30. The molecule has 0 saturated heterocycles. The maximum atomic E-state index is 11.9. The molecule has 0 aliphatic rings. The quantitative estimate of drug-likeness (QED) is 0.460. The number of primary amides is 1. The van der Waals surface area contributed by atoms with Gasteiger partial charge in [0.25, 0.3) is 5.91 Å². The summed E-state index contributed by atoms with van der Waals surface area (Å²) in [7, 11) is 0. The SMILES string of the molecule is CCCCNC(=O)Nc1snc(SCc2ccc(Cl)cc2)c1C(N)=O. The number of halogens is 1. The lowest BCUT2D eigenvalue weighted by atomic mass is 10.2. The number of carbonyl (C=O) groups is 2. The minimum atomic E-state index is -0.615. The Kier molecular flexibility index (Phi) is 7.54. The lowest BCUT2D eigenvalue weighted by Gasteiger charge is -2.06. The molecule has 1 aromatic heterocycles. The highest BCUT2D eigenvalue weighted by molar-refractivity contribution is 7.98. The number of hydrogen-bond donors (Lipinski definition) is 3. The molecule has 1 aromatic carbocycles. The highest BCUT2D eigenvalue weighted by atomic mass is 35.5. The normalized spacial score (nSPS) is 10.5. The number of hydrogen-bond acceptors (Lipinski definition) is 5. The molecule has 2 aromatic rings. The molecule has 0 saturated carbocycles. The molecule has 0 spiro atoms. The fraction of sp³-hybridized carbons (Fsp3) is 0.312. The number of amides is 3. The van der Waals surface area contributed by atoms with Gasteiger partial charge in [-0.1, -0.05) is 48.8 Å². The lowest BCUT2D eigenvalue weighted by Crippen LogP contribution is -2.30. The Morgan fingerprint density at radius 2 is 2.04 bits per heavy atom. The molecular weight excluding hydrogens is 380 g/mol. The number of carbonyl (C=O) groups excluding carboxylic acids is 2. The summed E-state index contributed by atoms with van der Waals surface area (Å²) in [6.07, 6.45) is 1.87. The van der Waals surface area contributed by atoms with Crippen LogP contribution in [0.15, 0.2) is 29.3 Å². The maximum Gasteiger partial charge on any atom is 0.319 e. The molecule has 0 unspecified atom stereocenters. The molecule has 6 nitrogen and oxygen atoms in total. The van der Waals surface area contributed by atoms with Crippen molar-refractivity contribution in [1.29, 1.82) is 0 Å². The molecule has 0 fully saturated rings. The average Bonchev–Trinajstić information content (AvgIpc) is 2.97. The van der Waals surface area contributed by atoms with Gasteiger partial charge in [-0.3, -0.25) is 10.1 Å². The minimum Gasteiger partial charge on any atom is -0.365 e. The van der Waals surface area contributed by atoms with E-state index in [-0.39, 0.29) is 11.6 Å². The van der Waals surface area contributed by atoms with Crippen LogP contribution in [0.4, 0.5) is 9.80 Å². The molecule has 0 atom stereocenters. The van der Waals surface area contributed by atoms with Gasteiger partial charge in [0.15, 0.2) is 0 Å². The Hall–Kier alpha value is -1.77. The second-order valence-electron chi connectivity index (χ2n) is 5.21. The van der Waals surface area contributed by atoms with E-state index in [1.165, 1.54) is 11.8 Å². The van der Waals surface area contributed by atoms with Crippen molar-refractivity contribution in [2.45, 2.75) is 30.5 Å². The number of aromatic nitrogens is 1. The van der Waals surface area contributed by atoms with Crippen molar-refractivity contribution in [3.05, 3.63) is 40.4 Å². The fourth-order valence-corrected chi connectivity index (χ4v) is 3.98. The molecule has 4 N–H and O–H groups in total. The molecule has 0 radical (unpaired) electrons. The van der Waals surface area contributed by atoms with Gasteiger partial charge in [-0.2, -0.15) is 4.37 Å². The summed E-state index contributed by atoms with van der Waals surface area (Å²) < 4.78 is 4.25. The summed E-state index contributed by atoms with van der Waals surface area (Å²) in [5.41, 5.74) is 6.76. The second-order valence-corrected chi connectivity index (χ2v) is 7.38. The number of rotatable bonds is 8. The van der Waals surface area contributed by atoms with Gasteiger partial charge in [0.05, 0.1) is 0 Å². The van der Waals surface area contributed by atoms with Gasteiger partial charge in [-0.25, -0.2) is 4.79 Å². The Balaban J connectivity index is 2.04. The molecular formula is C16H19ClN4O2S2. The van der Waals surface area contributed by atoms with Crippen molar-refractivity contribution < 1.29 is 9.59 Å². The number of nitrogens with two attached hydrogens (primary N) is 1. The molecule has 0 bridgehead atoms. The van der Waals surface area contributed by atoms with E-state index in [4.69, 9.17) is 17.3 Å². The average molecular weight is 399 g/mol. The van der Waals surface area contributed by atoms with E-state index in [1.807, 2.05) is 19.1 Å². The monoisotopic (exact) mass is 398 g/mol. The lowest BCUT2D eigenvalue weighted by molar-refractivity contribution is 0.0998. The molecule has 2 rings (SSSR count). The van der Waals surface area contributed by atoms with Crippen LogP contribution in [0.3, 0.4) is 0 Å². The summed E-state index contributed by atoms with van der Waals surface area (Å²) in [5.74, 6) is -0.000213. The van der Waals surface area contributed by atoms with E-state index in [9.17, 15) is 9.59 Å². The van der Waals surface area contributed by atoms with Crippen molar-refractivity contribution in [2.24, 2.45) is 5.73 Å². The van der Waals surface area contributed by atoms with Crippen LogP contribution in [-0.4, -0.2) is 22.9 Å². The van der Waals surface area contributed by atoms with Crippen LogP contribution in [-0.2, 0) is 5.75 Å². The Labute approximate surface area is 159 Å². The number of anilines is 1. The van der Waals surface area contributed by atoms with Crippen molar-refractivity contribution >= 4 is 51.8 Å². The van der Waals surface area contributed by atoms with E-state index in [2.05, 4.69) is 15.0 Å². The third-order valence-electron chi connectivity index (χ3n) is 3.24. The van der Waals surface area contributed by atoms with E-state index in [0.717, 1.165) is 29.9 Å². The topological polar surface area (TPSA) is 97.1 Å². The van der Waals surface area contributed by atoms with E-state index in [1.54, 1.807) is 12.1 Å². The molecule has 9 heteroatoms. The smallest absolute Gasteiger partial charge is 0.319 e. The largest absolute Gasteiger partial charge is 0.365 e. The number of thioether (sulfide) groups is 1. The maximum absolute atomic E-state index is 11.9. The van der Waals surface area contributed by atoms with Crippen molar-refractivity contribution in [3.63, 3.8) is 0 Å². The number of unbranched alkanes of at least 4 members (excludes halogenated alkanes) is 1. The van der Waals surface area contributed by atoms with Crippen LogP contribution >= 0.6 is 34.9 Å². The van der Waals surface area contributed by atoms with E-state index in [0.29, 0.717) is 27.3 Å². The molecule has 0 aliphatic heterocycles. The van der Waals surface area contributed by atoms with Crippen LogP contribution < -0.4 is 16.4 Å². The highest BCUT2D eigenvalue weighted by Crippen LogP contribution is 2.33. The summed E-state index contributed by atoms with van der Waals surface area (Å²) in [6.45, 7) is 2.61. The Bertz CT molecular complexity index is 734. The number of nitrogens with one attached hydrogen (secondary N) is 2. The van der Waals surface area contributed by atoms with Gasteiger partial charge in [0.2, 0.25) is 0 Å². The van der Waals surface area contributed by atoms with Crippen molar-refractivity contribution in [2.75, 3.05) is 11.9 Å². The first-order chi connectivity index (χ1) is 12.0. The van der Waals surface area contributed by atoms with Gasteiger partial charge >= 0.3 is 6.03 Å². The number of benzene rings is 1. The molecule has 134 valence electrons. The van der Waals surface area contributed by atoms with Crippen LogP contribution in [0.2, 0.25) is 5.02 Å². The highest BCUT2D eigenvalue weighted by Gasteiger charge is 2.20. The van der Waals surface area contributed by atoms with Crippen molar-refractivity contribution in [3.8, 4) is 0 Å². The standard InChI is InChI=1S/C16H19ClN4O2S2/c1-2-3-8-19-16(23)20-14-12(13(18)22)15(21-25-14)24-9-10-4-6-11(17)7-5-10/h4-7H,2-3,8-9H2,1H3,(H2,18,22)(H2,19,20,23). The number of urea groups is 1. The molecule has 1 heterocycles. The summed E-state index contributed by atoms with van der Waals surface area (Å²) in [5, 5.41) is 6.92. The first-order valence-corrected chi connectivity index (χ1v) is 9.86. The van der Waals surface area contributed by atoms with Gasteiger partial charge in [-0.05, 0) is 35.6 Å². The summed E-state index contributed by atoms with van der Waals surface area (Å²) in [4.78, 5) is 23.7. The van der Waals surface area contributed by atoms with Gasteiger partial charge in [-0.15, -0.1) is 0 Å². The predicted molar refractivity (Wildman–Crippen MR) is 104 cm³/mol. The van der Waals surface area contributed by atoms with E-state index >= 15 is 0 Å². The zero-order valence-electron chi connectivity index (χ0n) is 13.7. The molecule has 0 aliphatic carbocycles. The fourth-order valence-electron chi connectivity index (χ4n) is 1.93. The van der Waals surface area contributed by atoms with Gasteiger partial charge < -0.3 is 11.1 Å². The Morgan fingerprint density at radius 3 is 2.68 bits per heavy atom. The third-order valence-corrected chi connectivity index (χ3v) is 5.42. The first kappa shape index (κ1) is 19.6. The van der Waals surface area contributed by atoms with E-state index < -0.39 is 5.91 Å². The second kappa shape index (κ2) is 9.65. The first-order valence-electron chi connectivity index (χ1n) is 7.72. The molecule has 25 heavy (non-hydrogen) atoms. The van der Waals surface area contributed by atoms with Crippen LogP contribution in [0.25, 0.3) is 0 Å². The number of nitrogens with zero attached hydrogens (tertiary/aromatic N) is 1. The molecule has 3 amide bonds.